The molecule has 152 valence electrons. The van der Waals surface area contributed by atoms with Crippen LogP contribution in [0.25, 0.3) is 0 Å². The van der Waals surface area contributed by atoms with Crippen molar-refractivity contribution in [1.29, 1.82) is 0 Å². The maximum absolute atomic E-state index is 13.2. The second kappa shape index (κ2) is 10.9. The van der Waals surface area contributed by atoms with Crippen molar-refractivity contribution in [1.82, 2.24) is 14.8 Å². The van der Waals surface area contributed by atoms with E-state index in [1.807, 2.05) is 12.1 Å². The van der Waals surface area contributed by atoms with Crippen LogP contribution in [0.1, 0.15) is 40.5 Å². The fraction of sp³-hybridized carbons (Fsp3) is 0.714. The first-order valence-electron chi connectivity index (χ1n) is 10.3. The first-order valence-corrected chi connectivity index (χ1v) is 10.7. The summed E-state index contributed by atoms with van der Waals surface area (Å²) in [6, 6.07) is 3.83. The van der Waals surface area contributed by atoms with E-state index >= 15 is 0 Å². The molecule has 1 aliphatic heterocycles. The molecule has 2 rings (SSSR count). The van der Waals surface area contributed by atoms with Gasteiger partial charge in [-0.25, -0.2) is 4.98 Å². The van der Waals surface area contributed by atoms with Crippen molar-refractivity contribution in [2.75, 3.05) is 50.7 Å². The minimum absolute atomic E-state index is 0.129. The number of piperidine rings is 1. The van der Waals surface area contributed by atoms with Gasteiger partial charge in [-0.2, -0.15) is 0 Å². The number of carbonyl (C=O) groups excluding carboxylic acids is 1. The predicted molar refractivity (Wildman–Crippen MR) is 113 cm³/mol. The Kier molecular flexibility index (Phi) is 8.84. The average Bonchev–Trinajstić information content (AvgIpc) is 2.67. The number of aromatic nitrogens is 1. The van der Waals surface area contributed by atoms with Gasteiger partial charge >= 0.3 is 0 Å². The summed E-state index contributed by atoms with van der Waals surface area (Å²) in [4.78, 5) is 24.3. The maximum Gasteiger partial charge on any atom is 0.225 e. The van der Waals surface area contributed by atoms with Gasteiger partial charge in [-0.3, -0.25) is 4.79 Å². The lowest BCUT2D eigenvalue weighted by molar-refractivity contribution is -0.137. The predicted octanol–water partition coefficient (Wildman–Crippen LogP) is 3.78. The Labute approximate surface area is 169 Å². The van der Waals surface area contributed by atoms with Gasteiger partial charge in [-0.05, 0) is 44.0 Å². The lowest BCUT2D eigenvalue weighted by atomic mass is 9.94. The zero-order chi connectivity index (χ0) is 19.8. The Morgan fingerprint density at radius 3 is 2.41 bits per heavy atom. The number of carbonyl (C=O) groups is 1. The number of hydrogen-bond donors (Lipinski definition) is 0. The second-order valence-corrected chi connectivity index (χ2v) is 8.24. The van der Waals surface area contributed by atoms with Crippen LogP contribution in [0.4, 0.5) is 5.82 Å². The van der Waals surface area contributed by atoms with E-state index in [1.54, 1.807) is 6.20 Å². The Morgan fingerprint density at radius 1 is 1.22 bits per heavy atom. The molecular formula is C21H35ClN4O. The largest absolute Gasteiger partial charge is 0.357 e. The number of halogens is 1. The van der Waals surface area contributed by atoms with Gasteiger partial charge in [-0.15, -0.1) is 0 Å². The van der Waals surface area contributed by atoms with Gasteiger partial charge in [0.2, 0.25) is 5.91 Å². The highest BCUT2D eigenvalue weighted by Crippen LogP contribution is 2.24. The first kappa shape index (κ1) is 22.0. The zero-order valence-electron chi connectivity index (χ0n) is 17.3. The molecule has 1 saturated heterocycles. The lowest BCUT2D eigenvalue weighted by Gasteiger charge is -2.36. The van der Waals surface area contributed by atoms with E-state index in [1.165, 1.54) is 0 Å². The third-order valence-corrected chi connectivity index (χ3v) is 5.58. The minimum atomic E-state index is 0.129. The number of amides is 1. The molecule has 1 aromatic rings. The molecular weight excluding hydrogens is 360 g/mol. The molecule has 0 bridgehead atoms. The molecule has 1 aromatic heterocycles. The third kappa shape index (κ3) is 6.65. The summed E-state index contributed by atoms with van der Waals surface area (Å²) in [5.74, 6) is 1.90. The molecule has 0 radical (unpaired) electrons. The fourth-order valence-electron chi connectivity index (χ4n) is 3.70. The van der Waals surface area contributed by atoms with Crippen LogP contribution in [-0.2, 0) is 4.79 Å². The van der Waals surface area contributed by atoms with Gasteiger partial charge < -0.3 is 14.7 Å². The monoisotopic (exact) mass is 394 g/mol. The molecule has 1 fully saturated rings. The summed E-state index contributed by atoms with van der Waals surface area (Å²) >= 11 is 5.93. The number of hydrogen-bond acceptors (Lipinski definition) is 4. The Bertz CT molecular complexity index is 566. The van der Waals surface area contributed by atoms with Gasteiger partial charge in [0.15, 0.2) is 0 Å². The summed E-state index contributed by atoms with van der Waals surface area (Å²) in [7, 11) is 0. The fourth-order valence-corrected chi connectivity index (χ4v) is 3.81. The minimum Gasteiger partial charge on any atom is -0.357 e. The standard InChI is InChI=1S/C21H35ClN4O/c1-5-24(6-2)13-14-26(16-17(3)4)21(27)18-9-11-25(12-10-18)20-8-7-19(22)15-23-20/h7-8,15,17-18H,5-6,9-14,16H2,1-4H3. The third-order valence-electron chi connectivity index (χ3n) is 5.36. The average molecular weight is 395 g/mol. The SMILES string of the molecule is CCN(CC)CCN(CC(C)C)C(=O)C1CCN(c2ccc(Cl)cn2)CC1. The van der Waals surface area contributed by atoms with Crippen LogP contribution in [0.5, 0.6) is 0 Å². The molecule has 5 nitrogen and oxygen atoms in total. The van der Waals surface area contributed by atoms with Gasteiger partial charge in [0.25, 0.3) is 0 Å². The van der Waals surface area contributed by atoms with Crippen LogP contribution in [0, 0.1) is 11.8 Å². The molecule has 27 heavy (non-hydrogen) atoms. The molecule has 0 unspecified atom stereocenters. The molecule has 0 spiro atoms. The Balaban J connectivity index is 1.92. The van der Waals surface area contributed by atoms with Crippen molar-refractivity contribution in [3.05, 3.63) is 23.4 Å². The second-order valence-electron chi connectivity index (χ2n) is 7.80. The summed E-state index contributed by atoms with van der Waals surface area (Å²) < 4.78 is 0. The van der Waals surface area contributed by atoms with E-state index in [-0.39, 0.29) is 5.92 Å². The Hall–Kier alpha value is -1.33. The van der Waals surface area contributed by atoms with Gasteiger partial charge in [0.1, 0.15) is 5.82 Å². The first-order chi connectivity index (χ1) is 12.9. The van der Waals surface area contributed by atoms with Crippen molar-refractivity contribution in [2.45, 2.75) is 40.5 Å². The van der Waals surface area contributed by atoms with Gasteiger partial charge in [-0.1, -0.05) is 39.3 Å². The molecule has 1 aliphatic rings. The lowest BCUT2D eigenvalue weighted by Crippen LogP contribution is -2.46. The van der Waals surface area contributed by atoms with Crippen molar-refractivity contribution in [3.63, 3.8) is 0 Å². The van der Waals surface area contributed by atoms with Crippen LogP contribution in [-0.4, -0.2) is 66.5 Å². The molecule has 0 N–H and O–H groups in total. The number of nitrogens with zero attached hydrogens (tertiary/aromatic N) is 4. The topological polar surface area (TPSA) is 39.7 Å². The van der Waals surface area contributed by atoms with Crippen molar-refractivity contribution >= 4 is 23.3 Å². The van der Waals surface area contributed by atoms with Crippen LogP contribution in [0.2, 0.25) is 5.02 Å². The van der Waals surface area contributed by atoms with Crippen LogP contribution in [0.3, 0.4) is 0 Å². The highest BCUT2D eigenvalue weighted by molar-refractivity contribution is 6.30. The maximum atomic E-state index is 13.2. The molecule has 0 aromatic carbocycles. The molecule has 0 atom stereocenters. The normalized spacial score (nSPS) is 15.6. The molecule has 0 aliphatic carbocycles. The van der Waals surface area contributed by atoms with E-state index in [0.29, 0.717) is 16.8 Å². The van der Waals surface area contributed by atoms with E-state index in [4.69, 9.17) is 11.6 Å². The molecule has 0 saturated carbocycles. The van der Waals surface area contributed by atoms with E-state index in [2.05, 4.69) is 47.4 Å². The zero-order valence-corrected chi connectivity index (χ0v) is 18.1. The summed E-state index contributed by atoms with van der Waals surface area (Å²) in [5.41, 5.74) is 0. The highest BCUT2D eigenvalue weighted by Gasteiger charge is 2.29. The van der Waals surface area contributed by atoms with Crippen LogP contribution < -0.4 is 4.90 Å². The molecule has 2 heterocycles. The quantitative estimate of drug-likeness (QED) is 0.639. The summed E-state index contributed by atoms with van der Waals surface area (Å²) in [6.07, 6.45) is 3.47. The number of likely N-dealkylation sites (N-methyl/N-ethyl adjacent to an activating group) is 1. The number of pyridine rings is 1. The van der Waals surface area contributed by atoms with Gasteiger partial charge in [0, 0.05) is 44.8 Å². The smallest absolute Gasteiger partial charge is 0.225 e. The van der Waals surface area contributed by atoms with E-state index in [0.717, 1.165) is 64.5 Å². The van der Waals surface area contributed by atoms with Crippen LogP contribution in [0.15, 0.2) is 18.3 Å². The Morgan fingerprint density at radius 2 is 1.89 bits per heavy atom. The summed E-state index contributed by atoms with van der Waals surface area (Å²) in [5, 5.41) is 0.654. The highest BCUT2D eigenvalue weighted by atomic mass is 35.5. The number of rotatable bonds is 9. The van der Waals surface area contributed by atoms with Crippen molar-refractivity contribution < 1.29 is 4.79 Å². The number of anilines is 1. The van der Waals surface area contributed by atoms with E-state index in [9.17, 15) is 4.79 Å². The summed E-state index contributed by atoms with van der Waals surface area (Å²) in [6.45, 7) is 15.2. The molecule has 6 heteroatoms. The van der Waals surface area contributed by atoms with Gasteiger partial charge in [0.05, 0.1) is 5.02 Å². The molecule has 1 amide bonds. The van der Waals surface area contributed by atoms with Crippen molar-refractivity contribution in [3.8, 4) is 0 Å². The van der Waals surface area contributed by atoms with Crippen molar-refractivity contribution in [2.24, 2.45) is 11.8 Å². The van der Waals surface area contributed by atoms with Crippen LogP contribution >= 0.6 is 11.6 Å². The van der Waals surface area contributed by atoms with E-state index < -0.39 is 0 Å².